The Morgan fingerprint density at radius 2 is 1.67 bits per heavy atom. The molecule has 9 heteroatoms. The molecule has 0 aliphatic carbocycles. The molecule has 6 nitrogen and oxygen atoms in total. The fourth-order valence-electron chi connectivity index (χ4n) is 2.74. The van der Waals surface area contributed by atoms with Crippen LogP contribution in [0, 0.1) is 0 Å². The Bertz CT molecular complexity index is 1200. The second-order valence-electron chi connectivity index (χ2n) is 6.28. The third-order valence-electron chi connectivity index (χ3n) is 4.34. The lowest BCUT2D eigenvalue weighted by Crippen LogP contribution is -2.26. The number of rotatable bonds is 6. The minimum Gasteiger partial charge on any atom is -0.495 e. The number of ether oxygens (including phenoxy) is 1. The van der Waals surface area contributed by atoms with E-state index in [-0.39, 0.29) is 10.5 Å². The maximum absolute atomic E-state index is 13.0. The van der Waals surface area contributed by atoms with Gasteiger partial charge in [-0.15, -0.1) is 0 Å². The highest BCUT2D eigenvalue weighted by atomic mass is 35.5. The van der Waals surface area contributed by atoms with E-state index in [0.29, 0.717) is 27.2 Å². The molecule has 0 aliphatic heterocycles. The van der Waals surface area contributed by atoms with E-state index in [1.807, 2.05) is 0 Å². The van der Waals surface area contributed by atoms with Crippen molar-refractivity contribution in [1.29, 1.82) is 0 Å². The maximum Gasteiger partial charge on any atom is 0.264 e. The van der Waals surface area contributed by atoms with E-state index in [4.69, 9.17) is 27.9 Å². The molecule has 1 amide bonds. The number of methoxy groups -OCH3 is 1. The molecule has 3 rings (SSSR count). The van der Waals surface area contributed by atoms with Crippen molar-refractivity contribution in [2.75, 3.05) is 23.8 Å². The van der Waals surface area contributed by atoms with Gasteiger partial charge in [0.25, 0.3) is 15.9 Å². The smallest absolute Gasteiger partial charge is 0.264 e. The number of amides is 1. The van der Waals surface area contributed by atoms with Crippen LogP contribution < -0.4 is 14.4 Å². The lowest BCUT2D eigenvalue weighted by Gasteiger charge is -2.20. The van der Waals surface area contributed by atoms with Crippen LogP contribution in [0.25, 0.3) is 0 Å². The molecule has 0 saturated heterocycles. The van der Waals surface area contributed by atoms with Crippen LogP contribution >= 0.6 is 23.2 Å². The van der Waals surface area contributed by atoms with Crippen LogP contribution in [0.3, 0.4) is 0 Å². The van der Waals surface area contributed by atoms with Crippen LogP contribution in [-0.2, 0) is 10.0 Å². The molecule has 0 radical (unpaired) electrons. The van der Waals surface area contributed by atoms with Crippen LogP contribution in [0.1, 0.15) is 10.4 Å². The Balaban J connectivity index is 1.90. The second-order valence-corrected chi connectivity index (χ2v) is 9.12. The molecule has 0 bridgehead atoms. The number of sulfonamides is 1. The summed E-state index contributed by atoms with van der Waals surface area (Å²) in [5.74, 6) is -0.0739. The Kier molecular flexibility index (Phi) is 6.55. The minimum absolute atomic E-state index is 0.0318. The van der Waals surface area contributed by atoms with Gasteiger partial charge in [-0.05, 0) is 54.6 Å². The zero-order valence-electron chi connectivity index (χ0n) is 16.1. The van der Waals surface area contributed by atoms with Crippen molar-refractivity contribution in [2.24, 2.45) is 0 Å². The average molecular weight is 465 g/mol. The molecular formula is C21H18Cl2N2O4S. The standard InChI is InChI=1S/C21H18Cl2N2O4S/c1-25(17-7-4-6-15(22)12-17)30(27,28)18-8-3-5-14(11-18)21(26)24-19-13-16(23)9-10-20(19)29-2/h3-13H,1-2H3,(H,24,26). The summed E-state index contributed by atoms with van der Waals surface area (Å²) in [6.45, 7) is 0. The monoisotopic (exact) mass is 464 g/mol. The summed E-state index contributed by atoms with van der Waals surface area (Å²) in [5, 5.41) is 3.53. The van der Waals surface area contributed by atoms with Gasteiger partial charge in [0.2, 0.25) is 0 Å². The van der Waals surface area contributed by atoms with Crippen molar-refractivity contribution in [1.82, 2.24) is 0 Å². The third kappa shape index (κ3) is 4.70. The van der Waals surface area contributed by atoms with Crippen LogP contribution in [0.15, 0.2) is 71.6 Å². The van der Waals surface area contributed by atoms with Gasteiger partial charge in [-0.2, -0.15) is 0 Å². The summed E-state index contributed by atoms with van der Waals surface area (Å²) in [4.78, 5) is 12.7. The van der Waals surface area contributed by atoms with Gasteiger partial charge in [0, 0.05) is 22.7 Å². The van der Waals surface area contributed by atoms with Gasteiger partial charge in [0.1, 0.15) is 5.75 Å². The molecule has 0 unspecified atom stereocenters. The number of benzene rings is 3. The van der Waals surface area contributed by atoms with Crippen molar-refractivity contribution >= 4 is 50.5 Å². The normalized spacial score (nSPS) is 11.1. The average Bonchev–Trinajstić information content (AvgIpc) is 2.73. The largest absolute Gasteiger partial charge is 0.495 e. The Morgan fingerprint density at radius 1 is 0.967 bits per heavy atom. The highest BCUT2D eigenvalue weighted by molar-refractivity contribution is 7.92. The van der Waals surface area contributed by atoms with Crippen LogP contribution in [0.4, 0.5) is 11.4 Å². The Labute approximate surface area is 185 Å². The highest BCUT2D eigenvalue weighted by Crippen LogP contribution is 2.29. The first-order valence-electron chi connectivity index (χ1n) is 8.72. The minimum atomic E-state index is -3.91. The van der Waals surface area contributed by atoms with Crippen molar-refractivity contribution in [3.05, 3.63) is 82.3 Å². The zero-order valence-corrected chi connectivity index (χ0v) is 18.4. The molecule has 0 saturated carbocycles. The summed E-state index contributed by atoms with van der Waals surface area (Å²) in [5.41, 5.74) is 0.943. The number of nitrogens with one attached hydrogen (secondary N) is 1. The van der Waals surface area contributed by atoms with E-state index >= 15 is 0 Å². The van der Waals surface area contributed by atoms with Crippen LogP contribution in [0.5, 0.6) is 5.75 Å². The molecule has 3 aromatic rings. The molecular weight excluding hydrogens is 447 g/mol. The molecule has 3 aromatic carbocycles. The summed E-state index contributed by atoms with van der Waals surface area (Å²) in [6.07, 6.45) is 0. The first kappa shape index (κ1) is 22.0. The van der Waals surface area contributed by atoms with Gasteiger partial charge in [-0.3, -0.25) is 9.10 Å². The fourth-order valence-corrected chi connectivity index (χ4v) is 4.33. The Morgan fingerprint density at radius 3 is 2.37 bits per heavy atom. The van der Waals surface area contributed by atoms with E-state index in [1.54, 1.807) is 42.5 Å². The van der Waals surface area contributed by atoms with Crippen molar-refractivity contribution in [2.45, 2.75) is 4.90 Å². The van der Waals surface area contributed by atoms with Crippen molar-refractivity contribution in [3.8, 4) is 5.75 Å². The third-order valence-corrected chi connectivity index (χ3v) is 6.59. The number of carbonyl (C=O) groups is 1. The topological polar surface area (TPSA) is 75.7 Å². The number of hydrogen-bond acceptors (Lipinski definition) is 4. The van der Waals surface area contributed by atoms with E-state index in [2.05, 4.69) is 5.32 Å². The molecule has 30 heavy (non-hydrogen) atoms. The van der Waals surface area contributed by atoms with E-state index < -0.39 is 15.9 Å². The summed E-state index contributed by atoms with van der Waals surface area (Å²) in [7, 11) is -1.02. The molecule has 1 N–H and O–H groups in total. The van der Waals surface area contributed by atoms with Crippen molar-refractivity contribution < 1.29 is 17.9 Å². The summed E-state index contributed by atoms with van der Waals surface area (Å²) < 4.78 is 32.4. The Hall–Kier alpha value is -2.74. The second kappa shape index (κ2) is 8.95. The number of anilines is 2. The lowest BCUT2D eigenvalue weighted by atomic mass is 10.2. The van der Waals surface area contributed by atoms with E-state index in [1.165, 1.54) is 38.4 Å². The molecule has 156 valence electrons. The predicted molar refractivity (Wildman–Crippen MR) is 119 cm³/mol. The summed E-state index contributed by atoms with van der Waals surface area (Å²) in [6, 6.07) is 17.0. The van der Waals surface area contributed by atoms with E-state index in [0.717, 1.165) is 4.31 Å². The van der Waals surface area contributed by atoms with Gasteiger partial charge < -0.3 is 10.1 Å². The zero-order chi connectivity index (χ0) is 21.9. The first-order chi connectivity index (χ1) is 14.2. The highest BCUT2D eigenvalue weighted by Gasteiger charge is 2.23. The summed E-state index contributed by atoms with van der Waals surface area (Å²) >= 11 is 12.0. The molecule has 0 aliphatic rings. The van der Waals surface area contributed by atoms with Gasteiger partial charge in [0.05, 0.1) is 23.4 Å². The SMILES string of the molecule is COc1ccc(Cl)cc1NC(=O)c1cccc(S(=O)(=O)N(C)c2cccc(Cl)c2)c1. The first-order valence-corrected chi connectivity index (χ1v) is 10.9. The van der Waals surface area contributed by atoms with Crippen LogP contribution in [-0.4, -0.2) is 28.5 Å². The molecule has 0 spiro atoms. The number of halogens is 2. The maximum atomic E-state index is 13.0. The van der Waals surface area contributed by atoms with E-state index in [9.17, 15) is 13.2 Å². The van der Waals surface area contributed by atoms with Crippen LogP contribution in [0.2, 0.25) is 10.0 Å². The van der Waals surface area contributed by atoms with Gasteiger partial charge in [-0.25, -0.2) is 8.42 Å². The number of nitrogens with zero attached hydrogens (tertiary/aromatic N) is 1. The molecule has 0 heterocycles. The molecule has 0 fully saturated rings. The lowest BCUT2D eigenvalue weighted by molar-refractivity contribution is 0.102. The molecule has 0 aromatic heterocycles. The van der Waals surface area contributed by atoms with Crippen molar-refractivity contribution in [3.63, 3.8) is 0 Å². The van der Waals surface area contributed by atoms with Gasteiger partial charge in [-0.1, -0.05) is 35.3 Å². The predicted octanol–water partition coefficient (Wildman–Crippen LogP) is 5.08. The number of hydrogen-bond donors (Lipinski definition) is 1. The van der Waals surface area contributed by atoms with Gasteiger partial charge >= 0.3 is 0 Å². The fraction of sp³-hybridized carbons (Fsp3) is 0.0952. The van der Waals surface area contributed by atoms with Gasteiger partial charge in [0.15, 0.2) is 0 Å². The number of carbonyl (C=O) groups excluding carboxylic acids is 1. The molecule has 0 atom stereocenters. The quantitative estimate of drug-likeness (QED) is 0.551.